The minimum Gasteiger partial charge on any atom is -0.351 e. The molecule has 9 heteroatoms. The molecule has 0 saturated carbocycles. The molecule has 3 rings (SSSR count). The van der Waals surface area contributed by atoms with Crippen LogP contribution in [0.15, 0.2) is 46.7 Å². The van der Waals surface area contributed by atoms with Gasteiger partial charge in [-0.15, -0.1) is 11.3 Å². The molecule has 0 spiro atoms. The van der Waals surface area contributed by atoms with Gasteiger partial charge in [0.15, 0.2) is 0 Å². The number of nitrogens with zero attached hydrogens (tertiary/aromatic N) is 2. The number of hydrogen-bond donors (Lipinski definition) is 1. The van der Waals surface area contributed by atoms with Gasteiger partial charge in [-0.05, 0) is 24.3 Å². The maximum atomic E-state index is 12.4. The average Bonchev–Trinajstić information content (AvgIpc) is 3.27. The number of para-hydroxylation sites is 1. The average molecular weight is 408 g/mol. The quantitative estimate of drug-likeness (QED) is 0.789. The highest BCUT2D eigenvalue weighted by Gasteiger charge is 2.35. The predicted molar refractivity (Wildman–Crippen MR) is 104 cm³/mol. The van der Waals surface area contributed by atoms with Gasteiger partial charge in [0, 0.05) is 37.6 Å². The lowest BCUT2D eigenvalue weighted by molar-refractivity contribution is -0.126. The van der Waals surface area contributed by atoms with Crippen molar-refractivity contribution in [3.05, 3.63) is 47.3 Å². The largest absolute Gasteiger partial charge is 0.351 e. The molecule has 1 atom stereocenters. The molecule has 2 aromatic rings. The first-order valence-corrected chi connectivity index (χ1v) is 10.7. The molecule has 1 N–H and O–H groups in total. The van der Waals surface area contributed by atoms with Crippen LogP contribution in [0.5, 0.6) is 0 Å². The predicted octanol–water partition coefficient (Wildman–Crippen LogP) is 1.67. The van der Waals surface area contributed by atoms with Gasteiger partial charge in [-0.2, -0.15) is 0 Å². The van der Waals surface area contributed by atoms with E-state index in [1.165, 1.54) is 20.2 Å². The van der Waals surface area contributed by atoms with Crippen LogP contribution in [-0.4, -0.2) is 45.2 Å². The maximum Gasteiger partial charge on any atom is 0.252 e. The van der Waals surface area contributed by atoms with E-state index in [0.29, 0.717) is 6.54 Å². The van der Waals surface area contributed by atoms with E-state index in [0.717, 1.165) is 26.2 Å². The Labute approximate surface area is 162 Å². The van der Waals surface area contributed by atoms with Crippen molar-refractivity contribution in [2.75, 3.05) is 25.5 Å². The lowest BCUT2D eigenvalue weighted by Gasteiger charge is -2.16. The fourth-order valence-corrected chi connectivity index (χ4v) is 5.30. The van der Waals surface area contributed by atoms with Crippen LogP contribution < -0.4 is 10.2 Å². The SMILES string of the molecule is CN(C)S(=O)(=O)c1ccc(CNC(=O)[C@@H]2CC(=O)N(c3ccccc3)C2)s1. The Bertz CT molecular complexity index is 939. The minimum atomic E-state index is -3.47. The maximum absolute atomic E-state index is 12.4. The molecule has 1 aliphatic heterocycles. The summed E-state index contributed by atoms with van der Waals surface area (Å²) in [5.74, 6) is -0.688. The molecule has 1 aromatic heterocycles. The van der Waals surface area contributed by atoms with Gasteiger partial charge in [0.05, 0.1) is 12.5 Å². The second-order valence-corrected chi connectivity index (χ2v) is 10.0. The van der Waals surface area contributed by atoms with Gasteiger partial charge < -0.3 is 10.2 Å². The summed E-state index contributed by atoms with van der Waals surface area (Å²) in [4.78, 5) is 27.0. The third-order valence-electron chi connectivity index (χ3n) is 4.37. The summed E-state index contributed by atoms with van der Waals surface area (Å²) in [7, 11) is -0.511. The van der Waals surface area contributed by atoms with Crippen molar-refractivity contribution in [3.8, 4) is 0 Å². The normalized spacial score (nSPS) is 17.5. The second kappa shape index (κ2) is 7.79. The number of sulfonamides is 1. The molecule has 0 unspecified atom stereocenters. The van der Waals surface area contributed by atoms with Crippen molar-refractivity contribution < 1.29 is 18.0 Å². The minimum absolute atomic E-state index is 0.0724. The zero-order valence-corrected chi connectivity index (χ0v) is 16.7. The van der Waals surface area contributed by atoms with E-state index in [4.69, 9.17) is 0 Å². The Morgan fingerprint density at radius 1 is 1.22 bits per heavy atom. The molecule has 2 heterocycles. The Morgan fingerprint density at radius 2 is 1.93 bits per heavy atom. The molecule has 0 bridgehead atoms. The van der Waals surface area contributed by atoms with E-state index >= 15 is 0 Å². The number of thiophene rings is 1. The monoisotopic (exact) mass is 407 g/mol. The molecule has 7 nitrogen and oxygen atoms in total. The molecule has 27 heavy (non-hydrogen) atoms. The van der Waals surface area contributed by atoms with Crippen molar-refractivity contribution in [1.29, 1.82) is 0 Å². The fraction of sp³-hybridized carbons (Fsp3) is 0.333. The van der Waals surface area contributed by atoms with Crippen LogP contribution >= 0.6 is 11.3 Å². The van der Waals surface area contributed by atoms with Crippen LogP contribution in [-0.2, 0) is 26.2 Å². The molecule has 1 aliphatic rings. The number of rotatable bonds is 6. The van der Waals surface area contributed by atoms with E-state index in [2.05, 4.69) is 5.32 Å². The number of carbonyl (C=O) groups is 2. The van der Waals surface area contributed by atoms with Gasteiger partial charge in [0.25, 0.3) is 10.0 Å². The van der Waals surface area contributed by atoms with E-state index in [1.807, 2.05) is 30.3 Å². The van der Waals surface area contributed by atoms with Gasteiger partial charge >= 0.3 is 0 Å². The number of nitrogens with one attached hydrogen (secondary N) is 1. The summed E-state index contributed by atoms with van der Waals surface area (Å²) in [5, 5.41) is 2.81. The third-order valence-corrected chi connectivity index (χ3v) is 7.74. The van der Waals surface area contributed by atoms with E-state index < -0.39 is 15.9 Å². The van der Waals surface area contributed by atoms with Gasteiger partial charge in [-0.1, -0.05) is 18.2 Å². The van der Waals surface area contributed by atoms with Crippen molar-refractivity contribution in [2.45, 2.75) is 17.2 Å². The van der Waals surface area contributed by atoms with Crippen molar-refractivity contribution >= 4 is 38.9 Å². The molecule has 0 radical (unpaired) electrons. The highest BCUT2D eigenvalue weighted by Crippen LogP contribution is 2.26. The molecular weight excluding hydrogens is 386 g/mol. The first-order valence-electron chi connectivity index (χ1n) is 8.43. The zero-order chi connectivity index (χ0) is 19.6. The number of anilines is 1. The zero-order valence-electron chi connectivity index (χ0n) is 15.1. The Hall–Kier alpha value is -2.23. The lowest BCUT2D eigenvalue weighted by Crippen LogP contribution is -2.32. The Morgan fingerprint density at radius 3 is 2.59 bits per heavy atom. The molecule has 1 saturated heterocycles. The van der Waals surface area contributed by atoms with Crippen LogP contribution in [0.2, 0.25) is 0 Å². The Balaban J connectivity index is 1.59. The van der Waals surface area contributed by atoms with Crippen molar-refractivity contribution in [1.82, 2.24) is 9.62 Å². The van der Waals surface area contributed by atoms with Gasteiger partial charge in [0.1, 0.15) is 4.21 Å². The molecule has 2 amide bonds. The topological polar surface area (TPSA) is 86.8 Å². The third kappa shape index (κ3) is 4.20. The van der Waals surface area contributed by atoms with Crippen molar-refractivity contribution in [2.24, 2.45) is 5.92 Å². The fourth-order valence-electron chi connectivity index (χ4n) is 2.83. The summed E-state index contributed by atoms with van der Waals surface area (Å²) in [6, 6.07) is 12.5. The smallest absolute Gasteiger partial charge is 0.252 e. The van der Waals surface area contributed by atoms with E-state index in [-0.39, 0.29) is 29.0 Å². The first kappa shape index (κ1) is 19.5. The summed E-state index contributed by atoms with van der Waals surface area (Å²) < 4.78 is 25.6. The van der Waals surface area contributed by atoms with Crippen molar-refractivity contribution in [3.63, 3.8) is 0 Å². The standard InChI is InChI=1S/C18H21N3O4S2/c1-20(2)27(24,25)17-9-8-15(26-17)11-19-18(23)13-10-16(22)21(12-13)14-6-4-3-5-7-14/h3-9,13H,10-12H2,1-2H3,(H,19,23)/t13-/m1/s1. The molecule has 1 fully saturated rings. The number of carbonyl (C=O) groups excluding carboxylic acids is 2. The Kier molecular flexibility index (Phi) is 5.64. The van der Waals surface area contributed by atoms with Crippen LogP contribution in [0.1, 0.15) is 11.3 Å². The van der Waals surface area contributed by atoms with E-state index in [9.17, 15) is 18.0 Å². The van der Waals surface area contributed by atoms with Crippen LogP contribution in [0, 0.1) is 5.92 Å². The molecule has 1 aromatic carbocycles. The second-order valence-electron chi connectivity index (χ2n) is 6.47. The molecule has 0 aliphatic carbocycles. The highest BCUT2D eigenvalue weighted by atomic mass is 32.2. The van der Waals surface area contributed by atoms with Crippen LogP contribution in [0.4, 0.5) is 5.69 Å². The molecule has 144 valence electrons. The first-order chi connectivity index (χ1) is 12.8. The summed E-state index contributed by atoms with van der Waals surface area (Å²) in [6.07, 6.45) is 0.172. The van der Waals surface area contributed by atoms with Crippen LogP contribution in [0.25, 0.3) is 0 Å². The number of benzene rings is 1. The summed E-state index contributed by atoms with van der Waals surface area (Å²) >= 11 is 1.13. The number of hydrogen-bond acceptors (Lipinski definition) is 5. The van der Waals surface area contributed by atoms with Gasteiger partial charge in [-0.3, -0.25) is 9.59 Å². The lowest BCUT2D eigenvalue weighted by atomic mass is 10.1. The number of amides is 2. The van der Waals surface area contributed by atoms with Gasteiger partial charge in [-0.25, -0.2) is 12.7 Å². The highest BCUT2D eigenvalue weighted by molar-refractivity contribution is 7.91. The van der Waals surface area contributed by atoms with E-state index in [1.54, 1.807) is 11.0 Å². The summed E-state index contributed by atoms with van der Waals surface area (Å²) in [6.45, 7) is 0.585. The molecular formula is C18H21N3O4S2. The summed E-state index contributed by atoms with van der Waals surface area (Å²) in [5.41, 5.74) is 0.787. The van der Waals surface area contributed by atoms with Gasteiger partial charge in [0.2, 0.25) is 11.8 Å². The van der Waals surface area contributed by atoms with Crippen LogP contribution in [0.3, 0.4) is 0 Å².